The normalized spacial score (nSPS) is 17.5. The lowest BCUT2D eigenvalue weighted by molar-refractivity contribution is -0.144. The molecule has 2 N–H and O–H groups in total. The number of carbonyl (C=O) groups is 5. The second kappa shape index (κ2) is 23.2. The first-order valence-corrected chi connectivity index (χ1v) is 23.9. The lowest BCUT2D eigenvalue weighted by Gasteiger charge is -2.35. The molecule has 3 aromatic rings. The third-order valence-corrected chi connectivity index (χ3v) is 12.7. The average Bonchev–Trinajstić information content (AvgIpc) is 4.03. The van der Waals surface area contributed by atoms with Gasteiger partial charge in [0.2, 0.25) is 23.6 Å². The Morgan fingerprint density at radius 2 is 1.61 bits per heavy atom. The fourth-order valence-electron chi connectivity index (χ4n) is 8.55. The molecule has 1 unspecified atom stereocenters. The number of nitriles is 1. The number of aromatic nitrogens is 1. The van der Waals surface area contributed by atoms with Gasteiger partial charge in [0.25, 0.3) is 5.91 Å². The van der Waals surface area contributed by atoms with Crippen LogP contribution in [0.5, 0.6) is 5.75 Å². The molecule has 2 atom stereocenters. The molecule has 376 valence electrons. The average molecular weight is 991 g/mol. The predicted molar refractivity (Wildman–Crippen MR) is 259 cm³/mol. The smallest absolute Gasteiger partial charge is 0.417 e. The van der Waals surface area contributed by atoms with Crippen LogP contribution in [0.3, 0.4) is 0 Å². The number of anilines is 3. The molecule has 20 heteroatoms. The van der Waals surface area contributed by atoms with Gasteiger partial charge in [0.05, 0.1) is 29.5 Å². The molecule has 70 heavy (non-hydrogen) atoms. The van der Waals surface area contributed by atoms with Gasteiger partial charge < -0.3 is 34.6 Å². The van der Waals surface area contributed by atoms with Crippen molar-refractivity contribution >= 4 is 64.1 Å². The van der Waals surface area contributed by atoms with Crippen molar-refractivity contribution in [3.63, 3.8) is 0 Å². The van der Waals surface area contributed by atoms with Crippen LogP contribution < -0.4 is 30.1 Å². The van der Waals surface area contributed by atoms with Crippen LogP contribution in [0.25, 0.3) is 0 Å². The van der Waals surface area contributed by atoms with E-state index in [9.17, 15) is 42.4 Å². The summed E-state index contributed by atoms with van der Waals surface area (Å²) in [7, 11) is 0. The molecule has 0 saturated carbocycles. The van der Waals surface area contributed by atoms with E-state index < -0.39 is 52.2 Å². The molecule has 16 nitrogen and oxygen atoms in total. The van der Waals surface area contributed by atoms with Crippen LogP contribution in [0.1, 0.15) is 103 Å². The van der Waals surface area contributed by atoms with Gasteiger partial charge in [-0.25, -0.2) is 4.98 Å². The predicted octanol–water partition coefficient (Wildman–Crippen LogP) is 6.83. The van der Waals surface area contributed by atoms with E-state index in [0.29, 0.717) is 75.8 Å². The van der Waals surface area contributed by atoms with Crippen LogP contribution in [0.15, 0.2) is 60.8 Å². The van der Waals surface area contributed by atoms with E-state index in [1.807, 2.05) is 26.8 Å². The van der Waals surface area contributed by atoms with Crippen LogP contribution in [0.2, 0.25) is 0 Å². The van der Waals surface area contributed by atoms with Crippen molar-refractivity contribution in [3.05, 3.63) is 77.5 Å². The fraction of sp³-hybridized carbons (Fsp3) is 0.520. The third kappa shape index (κ3) is 13.0. The molecule has 2 aromatic carbocycles. The maximum absolute atomic E-state index is 13.9. The van der Waals surface area contributed by atoms with Gasteiger partial charge in [-0.15, -0.1) is 0 Å². The summed E-state index contributed by atoms with van der Waals surface area (Å²) in [5, 5.41) is 15.0. The summed E-state index contributed by atoms with van der Waals surface area (Å²) < 4.78 is 58.3. The molecule has 0 aliphatic carbocycles. The van der Waals surface area contributed by atoms with E-state index >= 15 is 0 Å². The van der Waals surface area contributed by atoms with E-state index in [0.717, 1.165) is 48.3 Å². The van der Waals surface area contributed by atoms with Crippen molar-refractivity contribution in [2.45, 2.75) is 116 Å². The zero-order valence-corrected chi connectivity index (χ0v) is 41.0. The quantitative estimate of drug-likeness (QED) is 0.0839. The molecule has 0 spiro atoms. The Morgan fingerprint density at radius 3 is 2.27 bits per heavy atom. The number of benzene rings is 2. The highest BCUT2D eigenvalue weighted by atomic mass is 32.1. The summed E-state index contributed by atoms with van der Waals surface area (Å²) in [6.07, 6.45) is 2.30. The number of unbranched alkanes of at least 4 members (excludes halogenated alkanes) is 2. The second-order valence-corrected chi connectivity index (χ2v) is 19.4. The van der Waals surface area contributed by atoms with E-state index in [1.54, 1.807) is 71.1 Å². The largest absolute Gasteiger partial charge is 0.494 e. The summed E-state index contributed by atoms with van der Waals surface area (Å²) in [4.78, 5) is 76.0. The Balaban J connectivity index is 0.839. The minimum atomic E-state index is -4.80. The van der Waals surface area contributed by atoms with Gasteiger partial charge in [0, 0.05) is 57.8 Å². The number of amides is 5. The lowest BCUT2D eigenvalue weighted by Crippen LogP contribution is -2.58. The molecule has 3 saturated heterocycles. The van der Waals surface area contributed by atoms with Crippen LogP contribution in [-0.2, 0) is 46.2 Å². The van der Waals surface area contributed by atoms with Gasteiger partial charge in [-0.1, -0.05) is 26.8 Å². The van der Waals surface area contributed by atoms with E-state index in [4.69, 9.17) is 26.4 Å². The first-order chi connectivity index (χ1) is 33.2. The van der Waals surface area contributed by atoms with Gasteiger partial charge in [-0.05, 0) is 131 Å². The third-order valence-electron chi connectivity index (χ3n) is 12.3. The zero-order valence-electron chi connectivity index (χ0n) is 40.2. The van der Waals surface area contributed by atoms with E-state index in [-0.39, 0.29) is 48.3 Å². The van der Waals surface area contributed by atoms with Crippen LogP contribution in [-0.4, -0.2) is 108 Å². The highest BCUT2D eigenvalue weighted by Crippen LogP contribution is 2.40. The van der Waals surface area contributed by atoms with E-state index in [2.05, 4.69) is 15.6 Å². The molecule has 3 aliphatic rings. The van der Waals surface area contributed by atoms with E-state index in [1.165, 1.54) is 6.07 Å². The number of likely N-dealkylation sites (tertiary alicyclic amines) is 1. The number of alkyl halides is 3. The Morgan fingerprint density at radius 1 is 0.914 bits per heavy atom. The molecule has 3 aliphatic heterocycles. The van der Waals surface area contributed by atoms with Gasteiger partial charge >= 0.3 is 6.18 Å². The monoisotopic (exact) mass is 990 g/mol. The molecule has 5 amide bonds. The number of thiocarbonyl (C=S) groups is 1. The number of halogens is 3. The first kappa shape index (κ1) is 53.2. The van der Waals surface area contributed by atoms with Crippen molar-refractivity contribution in [3.8, 4) is 11.8 Å². The molecule has 1 aromatic heterocycles. The Kier molecular flexibility index (Phi) is 17.6. The number of carbonyl (C=O) groups excluding carboxylic acids is 5. The number of nitrogens with one attached hydrogen (secondary N) is 2. The van der Waals surface area contributed by atoms with Crippen molar-refractivity contribution < 1.29 is 51.4 Å². The zero-order chi connectivity index (χ0) is 50.8. The number of hydrogen-bond donors (Lipinski definition) is 2. The Labute approximate surface area is 411 Å². The molecule has 6 rings (SSSR count). The summed E-state index contributed by atoms with van der Waals surface area (Å²) >= 11 is 5.62. The highest BCUT2D eigenvalue weighted by molar-refractivity contribution is 7.81. The van der Waals surface area contributed by atoms with Crippen molar-refractivity contribution in [2.75, 3.05) is 60.8 Å². The second-order valence-electron chi connectivity index (χ2n) is 19.0. The maximum Gasteiger partial charge on any atom is 0.417 e. The SMILES string of the molecule is CC(C)(C)C(NC(=O)COCCCOCCCCCOc1ccc(N2C(=S)N(c3ccc(C#N)c(C(F)(F)F)c3)C(=O)C2(C)C)cc1)C(=O)N1CCC[C@H]1C(=O)NCc1ccc(N2CCCC2=O)nc1. The summed E-state index contributed by atoms with van der Waals surface area (Å²) in [6, 6.07) is 13.6. The number of hydrogen-bond acceptors (Lipinski definition) is 11. The number of rotatable bonds is 21. The first-order valence-electron chi connectivity index (χ1n) is 23.5. The molecule has 3 fully saturated rings. The summed E-state index contributed by atoms with van der Waals surface area (Å²) in [5.74, 6) is -0.325. The molecular weight excluding hydrogens is 930 g/mol. The topological polar surface area (TPSA) is 187 Å². The van der Waals surface area contributed by atoms with Crippen molar-refractivity contribution in [1.82, 2.24) is 20.5 Å². The molecule has 0 bridgehead atoms. The van der Waals surface area contributed by atoms with Crippen molar-refractivity contribution in [1.29, 1.82) is 5.26 Å². The van der Waals surface area contributed by atoms with Crippen LogP contribution in [0, 0.1) is 16.7 Å². The molecule has 4 heterocycles. The standard InChI is InChI=1S/C50H61F3N8O8S/c1-48(2,3)43(45(65)58-22-9-12-39(58)44(64)56-31-33-14-21-40(55-30-33)59-23-10-13-42(59)63)57-41(62)32-68-26-11-25-67-24-7-6-8-27-69-37-19-17-35(18-20-37)61-47(70)60(46(66)49(61,4)5)36-16-15-34(29-54)38(28-36)50(51,52)53/h14-21,28,30,39,43H,6-13,22-27,31-32H2,1-5H3,(H,56,64)(H,57,62)/t39-,43?/m0/s1. The number of nitrogens with zero attached hydrogens (tertiary/aromatic N) is 6. The summed E-state index contributed by atoms with van der Waals surface area (Å²) in [5.41, 5.74) is -2.32. The van der Waals surface area contributed by atoms with Crippen LogP contribution >= 0.6 is 12.2 Å². The minimum absolute atomic E-state index is 0.00304. The van der Waals surface area contributed by atoms with Crippen molar-refractivity contribution in [2.24, 2.45) is 5.41 Å². The number of ether oxygens (including phenoxy) is 3. The minimum Gasteiger partial charge on any atom is -0.494 e. The summed E-state index contributed by atoms with van der Waals surface area (Å²) in [6.45, 7) is 11.6. The van der Waals surface area contributed by atoms with Gasteiger partial charge in [-0.2, -0.15) is 18.4 Å². The Bertz CT molecular complexity index is 2420. The highest BCUT2D eigenvalue weighted by Gasteiger charge is 2.51. The van der Waals surface area contributed by atoms with Gasteiger partial charge in [0.1, 0.15) is 35.8 Å². The van der Waals surface area contributed by atoms with Gasteiger partial charge in [0.15, 0.2) is 5.11 Å². The molecular formula is C50H61F3N8O8S. The maximum atomic E-state index is 13.9. The Hall–Kier alpha value is -6.17. The fourth-order valence-corrected chi connectivity index (χ4v) is 9.07. The van der Waals surface area contributed by atoms with Gasteiger partial charge in [-0.3, -0.25) is 33.8 Å². The number of pyridine rings is 1. The lowest BCUT2D eigenvalue weighted by atomic mass is 9.85. The van der Waals surface area contributed by atoms with Crippen LogP contribution in [0.4, 0.5) is 30.4 Å². The molecule has 0 radical (unpaired) electrons.